The number of benzene rings is 1. The van der Waals surface area contributed by atoms with Crippen LogP contribution in [0.2, 0.25) is 0 Å². The maximum absolute atomic E-state index is 5.64. The van der Waals surface area contributed by atoms with E-state index in [-0.39, 0.29) is 24.8 Å². The summed E-state index contributed by atoms with van der Waals surface area (Å²) in [6, 6.07) is 8.15. The fourth-order valence-electron chi connectivity index (χ4n) is 1.80. The van der Waals surface area contributed by atoms with E-state index in [1.165, 1.54) is 5.56 Å². The Labute approximate surface area is 115 Å². The van der Waals surface area contributed by atoms with Crippen LogP contribution in [0, 0.1) is 0 Å². The molecule has 0 amide bonds. The van der Waals surface area contributed by atoms with Crippen LogP contribution in [0.15, 0.2) is 24.3 Å². The quantitative estimate of drug-likeness (QED) is 0.860. The third kappa shape index (κ3) is 5.59. The molecular formula is C12H20Cl2N2O. The molecule has 0 aromatic heterocycles. The van der Waals surface area contributed by atoms with Crippen molar-refractivity contribution in [1.82, 2.24) is 4.90 Å². The summed E-state index contributed by atoms with van der Waals surface area (Å²) in [5.74, 6) is 0. The van der Waals surface area contributed by atoms with Crippen LogP contribution in [0.25, 0.3) is 0 Å². The van der Waals surface area contributed by atoms with E-state index in [2.05, 4.69) is 17.0 Å². The Morgan fingerprint density at radius 3 is 2.24 bits per heavy atom. The first-order chi connectivity index (χ1) is 7.34. The van der Waals surface area contributed by atoms with Gasteiger partial charge in [-0.05, 0) is 24.1 Å². The van der Waals surface area contributed by atoms with E-state index in [1.54, 1.807) is 0 Å². The molecule has 0 spiro atoms. The van der Waals surface area contributed by atoms with E-state index in [0.29, 0.717) is 0 Å². The Hall–Kier alpha value is -0.480. The number of rotatable bonds is 3. The number of anilines is 1. The van der Waals surface area contributed by atoms with E-state index >= 15 is 0 Å². The van der Waals surface area contributed by atoms with Gasteiger partial charge in [0.05, 0.1) is 13.2 Å². The number of halogens is 2. The van der Waals surface area contributed by atoms with E-state index in [0.717, 1.165) is 45.0 Å². The van der Waals surface area contributed by atoms with E-state index in [9.17, 15) is 0 Å². The lowest BCUT2D eigenvalue weighted by atomic mass is 10.1. The standard InChI is InChI=1S/C12H18N2O.2ClH/c13-12-3-1-11(2-4-12)5-6-14-7-9-15-10-8-14;;/h1-4H,5-10,13H2;2*1H. The Balaban J connectivity index is 0.00000128. The van der Waals surface area contributed by atoms with Crippen LogP contribution in [0.4, 0.5) is 5.69 Å². The summed E-state index contributed by atoms with van der Waals surface area (Å²) in [5.41, 5.74) is 7.83. The number of nitrogens with two attached hydrogens (primary N) is 1. The lowest BCUT2D eigenvalue weighted by Gasteiger charge is -2.26. The summed E-state index contributed by atoms with van der Waals surface area (Å²) in [6.07, 6.45) is 1.10. The van der Waals surface area contributed by atoms with Gasteiger partial charge in [0.2, 0.25) is 0 Å². The highest BCUT2D eigenvalue weighted by Crippen LogP contribution is 2.07. The van der Waals surface area contributed by atoms with Gasteiger partial charge in [-0.1, -0.05) is 12.1 Å². The van der Waals surface area contributed by atoms with Gasteiger partial charge in [0.1, 0.15) is 0 Å². The van der Waals surface area contributed by atoms with Crippen LogP contribution in [0.1, 0.15) is 5.56 Å². The average molecular weight is 279 g/mol. The first-order valence-electron chi connectivity index (χ1n) is 5.49. The van der Waals surface area contributed by atoms with Crippen molar-refractivity contribution in [2.75, 3.05) is 38.6 Å². The molecule has 2 N–H and O–H groups in total. The highest BCUT2D eigenvalue weighted by molar-refractivity contribution is 5.85. The summed E-state index contributed by atoms with van der Waals surface area (Å²) >= 11 is 0. The van der Waals surface area contributed by atoms with Crippen molar-refractivity contribution in [3.63, 3.8) is 0 Å². The summed E-state index contributed by atoms with van der Waals surface area (Å²) < 4.78 is 5.31. The van der Waals surface area contributed by atoms with E-state index < -0.39 is 0 Å². The topological polar surface area (TPSA) is 38.5 Å². The fraction of sp³-hybridized carbons (Fsp3) is 0.500. The van der Waals surface area contributed by atoms with Crippen molar-refractivity contribution < 1.29 is 4.74 Å². The van der Waals surface area contributed by atoms with Crippen LogP contribution >= 0.6 is 24.8 Å². The van der Waals surface area contributed by atoms with Crippen LogP contribution < -0.4 is 5.73 Å². The molecule has 1 aromatic rings. The minimum Gasteiger partial charge on any atom is -0.399 e. The van der Waals surface area contributed by atoms with Gasteiger partial charge in [-0.2, -0.15) is 0 Å². The van der Waals surface area contributed by atoms with Gasteiger partial charge in [-0.3, -0.25) is 4.90 Å². The summed E-state index contributed by atoms with van der Waals surface area (Å²) in [5, 5.41) is 0. The zero-order valence-corrected chi connectivity index (χ0v) is 11.4. The first kappa shape index (κ1) is 16.5. The molecule has 0 bridgehead atoms. The second-order valence-corrected chi connectivity index (χ2v) is 3.95. The zero-order valence-electron chi connectivity index (χ0n) is 9.80. The first-order valence-corrected chi connectivity index (χ1v) is 5.49. The Bertz CT molecular complexity index is 300. The minimum atomic E-state index is 0. The van der Waals surface area contributed by atoms with Crippen molar-refractivity contribution >= 4 is 30.5 Å². The van der Waals surface area contributed by atoms with Crippen LogP contribution in [-0.4, -0.2) is 37.7 Å². The molecule has 0 unspecified atom stereocenters. The van der Waals surface area contributed by atoms with Crippen LogP contribution in [0.3, 0.4) is 0 Å². The lowest BCUT2D eigenvalue weighted by molar-refractivity contribution is 0.0384. The normalized spacial score (nSPS) is 15.8. The third-order valence-corrected chi connectivity index (χ3v) is 2.80. The zero-order chi connectivity index (χ0) is 10.5. The summed E-state index contributed by atoms with van der Waals surface area (Å²) in [6.45, 7) is 5.00. The number of hydrogen-bond acceptors (Lipinski definition) is 3. The molecule has 0 saturated carbocycles. The molecule has 2 rings (SSSR count). The Morgan fingerprint density at radius 1 is 1.06 bits per heavy atom. The minimum absolute atomic E-state index is 0. The molecule has 1 fully saturated rings. The molecular weight excluding hydrogens is 259 g/mol. The van der Waals surface area contributed by atoms with Gasteiger partial charge in [0, 0.05) is 25.3 Å². The SMILES string of the molecule is Cl.Cl.Nc1ccc(CCN2CCOCC2)cc1. The van der Waals surface area contributed by atoms with Crippen molar-refractivity contribution in [3.05, 3.63) is 29.8 Å². The predicted octanol–water partition coefficient (Wildman–Crippen LogP) is 1.99. The highest BCUT2D eigenvalue weighted by Gasteiger charge is 2.09. The van der Waals surface area contributed by atoms with Crippen molar-refractivity contribution in [2.45, 2.75) is 6.42 Å². The van der Waals surface area contributed by atoms with Crippen molar-refractivity contribution in [2.24, 2.45) is 0 Å². The van der Waals surface area contributed by atoms with Crippen molar-refractivity contribution in [1.29, 1.82) is 0 Å². The number of ether oxygens (including phenoxy) is 1. The number of morpholine rings is 1. The molecule has 1 aliphatic rings. The largest absolute Gasteiger partial charge is 0.399 e. The highest BCUT2D eigenvalue weighted by atomic mass is 35.5. The molecule has 0 atom stereocenters. The molecule has 98 valence electrons. The molecule has 0 aliphatic carbocycles. The smallest absolute Gasteiger partial charge is 0.0594 e. The lowest BCUT2D eigenvalue weighted by Crippen LogP contribution is -2.37. The monoisotopic (exact) mass is 278 g/mol. The van der Waals surface area contributed by atoms with E-state index in [1.807, 2.05) is 12.1 Å². The molecule has 1 heterocycles. The van der Waals surface area contributed by atoms with Gasteiger partial charge in [0.25, 0.3) is 0 Å². The number of nitrogens with zero attached hydrogens (tertiary/aromatic N) is 1. The van der Waals surface area contributed by atoms with E-state index in [4.69, 9.17) is 10.5 Å². The maximum Gasteiger partial charge on any atom is 0.0594 e. The Kier molecular flexibility index (Phi) is 8.35. The number of nitrogen functional groups attached to an aromatic ring is 1. The average Bonchev–Trinajstić information content (AvgIpc) is 2.30. The molecule has 5 heteroatoms. The van der Waals surface area contributed by atoms with Gasteiger partial charge in [-0.15, -0.1) is 24.8 Å². The van der Waals surface area contributed by atoms with Gasteiger partial charge >= 0.3 is 0 Å². The maximum atomic E-state index is 5.64. The fourth-order valence-corrected chi connectivity index (χ4v) is 1.80. The van der Waals surface area contributed by atoms with Gasteiger partial charge in [-0.25, -0.2) is 0 Å². The third-order valence-electron chi connectivity index (χ3n) is 2.80. The molecule has 0 radical (unpaired) electrons. The molecule has 3 nitrogen and oxygen atoms in total. The molecule has 1 aromatic carbocycles. The molecule has 1 saturated heterocycles. The predicted molar refractivity (Wildman–Crippen MR) is 76.3 cm³/mol. The summed E-state index contributed by atoms with van der Waals surface area (Å²) in [4.78, 5) is 2.44. The molecule has 17 heavy (non-hydrogen) atoms. The molecule has 1 aliphatic heterocycles. The second-order valence-electron chi connectivity index (χ2n) is 3.95. The summed E-state index contributed by atoms with van der Waals surface area (Å²) in [7, 11) is 0. The van der Waals surface area contributed by atoms with Gasteiger partial charge < -0.3 is 10.5 Å². The van der Waals surface area contributed by atoms with Gasteiger partial charge in [0.15, 0.2) is 0 Å². The van der Waals surface area contributed by atoms with Crippen LogP contribution in [-0.2, 0) is 11.2 Å². The number of hydrogen-bond donors (Lipinski definition) is 1. The van der Waals surface area contributed by atoms with Crippen molar-refractivity contribution in [3.8, 4) is 0 Å². The second kappa shape index (κ2) is 8.59. The van der Waals surface area contributed by atoms with Crippen LogP contribution in [0.5, 0.6) is 0 Å². The Morgan fingerprint density at radius 2 is 1.65 bits per heavy atom.